The van der Waals surface area contributed by atoms with E-state index in [4.69, 9.17) is 28.2 Å². The van der Waals surface area contributed by atoms with Crippen LogP contribution in [0.1, 0.15) is 26.3 Å². The van der Waals surface area contributed by atoms with E-state index in [9.17, 15) is 8.78 Å². The first-order valence-electron chi connectivity index (χ1n) is 8.27. The van der Waals surface area contributed by atoms with E-state index in [2.05, 4.69) is 0 Å². The van der Waals surface area contributed by atoms with Crippen molar-refractivity contribution in [2.45, 2.75) is 32.1 Å². The summed E-state index contributed by atoms with van der Waals surface area (Å²) >= 11 is 13.7. The average molecular weight is 427 g/mol. The van der Waals surface area contributed by atoms with Crippen LogP contribution in [0.3, 0.4) is 0 Å². The van der Waals surface area contributed by atoms with Gasteiger partial charge in [-0.05, 0) is 56.7 Å². The number of allylic oxidation sites excluding steroid dienone is 1. The largest absolute Gasteiger partial charge is 0.291 e. The molecular formula is C20H18Cl2F2N2S. The van der Waals surface area contributed by atoms with Gasteiger partial charge in [0.1, 0.15) is 11.6 Å². The molecule has 0 atom stereocenters. The van der Waals surface area contributed by atoms with Gasteiger partial charge < -0.3 is 0 Å². The number of anilines is 1. The predicted octanol–water partition coefficient (Wildman–Crippen LogP) is 7.06. The quantitative estimate of drug-likeness (QED) is 0.521. The van der Waals surface area contributed by atoms with Gasteiger partial charge >= 0.3 is 0 Å². The standard InChI is InChI=1S/C20H18Cl2F2N2S/c1-12-10-20(2,3)25-19(26(12)18-7-6-15(23)9-17(18)24)27-11-13-4-5-14(21)8-16(13)22/h4-10H,11H2,1-3H3. The minimum Gasteiger partial charge on any atom is -0.291 e. The van der Waals surface area contributed by atoms with Gasteiger partial charge in [0.25, 0.3) is 0 Å². The van der Waals surface area contributed by atoms with Crippen molar-refractivity contribution >= 4 is 45.8 Å². The van der Waals surface area contributed by atoms with Crippen LogP contribution in [0, 0.1) is 11.6 Å². The van der Waals surface area contributed by atoms with Crippen molar-refractivity contribution in [1.82, 2.24) is 0 Å². The number of amidine groups is 1. The summed E-state index contributed by atoms with van der Waals surface area (Å²) in [6.07, 6.45) is 1.95. The molecule has 0 saturated carbocycles. The first-order chi connectivity index (χ1) is 12.7. The molecule has 2 aromatic carbocycles. The number of benzene rings is 2. The van der Waals surface area contributed by atoms with Crippen LogP contribution in [0.4, 0.5) is 14.5 Å². The summed E-state index contributed by atoms with van der Waals surface area (Å²) in [5, 5.41) is 1.76. The zero-order valence-electron chi connectivity index (χ0n) is 15.1. The molecule has 0 radical (unpaired) electrons. The van der Waals surface area contributed by atoms with Crippen molar-refractivity contribution < 1.29 is 8.78 Å². The van der Waals surface area contributed by atoms with Gasteiger partial charge in [-0.2, -0.15) is 0 Å². The van der Waals surface area contributed by atoms with Crippen LogP contribution < -0.4 is 4.90 Å². The van der Waals surface area contributed by atoms with Crippen molar-refractivity contribution in [3.8, 4) is 0 Å². The molecule has 1 heterocycles. The molecule has 0 fully saturated rings. The second kappa shape index (κ2) is 7.82. The number of nitrogens with zero attached hydrogens (tertiary/aromatic N) is 2. The van der Waals surface area contributed by atoms with Gasteiger partial charge in [-0.1, -0.05) is 41.0 Å². The Hall–Kier alpha value is -1.56. The highest BCUT2D eigenvalue weighted by Crippen LogP contribution is 2.35. The van der Waals surface area contributed by atoms with E-state index in [1.54, 1.807) is 17.0 Å². The lowest BCUT2D eigenvalue weighted by Crippen LogP contribution is -2.36. The molecular weight excluding hydrogens is 409 g/mol. The maximum atomic E-state index is 14.4. The molecule has 0 aliphatic carbocycles. The number of rotatable bonds is 3. The lowest BCUT2D eigenvalue weighted by Gasteiger charge is -2.34. The van der Waals surface area contributed by atoms with Gasteiger partial charge in [0, 0.05) is 27.6 Å². The number of thioether (sulfide) groups is 1. The second-order valence-electron chi connectivity index (χ2n) is 6.79. The molecule has 1 aliphatic heterocycles. The fourth-order valence-electron chi connectivity index (χ4n) is 2.89. The summed E-state index contributed by atoms with van der Waals surface area (Å²) in [6.45, 7) is 5.84. The Morgan fingerprint density at radius 3 is 2.52 bits per heavy atom. The number of aliphatic imine (C=N–C) groups is 1. The highest BCUT2D eigenvalue weighted by atomic mass is 35.5. The summed E-state index contributed by atoms with van der Waals surface area (Å²) in [5.41, 5.74) is 1.56. The third-order valence-corrected chi connectivity index (χ3v) is 5.59. The molecule has 0 aromatic heterocycles. The molecule has 0 N–H and O–H groups in total. The molecule has 27 heavy (non-hydrogen) atoms. The Labute approximate surface area is 171 Å². The molecule has 2 aromatic rings. The van der Waals surface area contributed by atoms with Gasteiger partial charge in [-0.25, -0.2) is 8.78 Å². The fraction of sp³-hybridized carbons (Fsp3) is 0.250. The fourth-order valence-corrected chi connectivity index (χ4v) is 4.65. The average Bonchev–Trinajstić information content (AvgIpc) is 2.54. The lowest BCUT2D eigenvalue weighted by molar-refractivity contribution is 0.582. The van der Waals surface area contributed by atoms with E-state index < -0.39 is 17.2 Å². The van der Waals surface area contributed by atoms with Crippen LogP contribution in [0.25, 0.3) is 0 Å². The Morgan fingerprint density at radius 1 is 1.11 bits per heavy atom. The number of hydrogen-bond acceptors (Lipinski definition) is 3. The zero-order valence-corrected chi connectivity index (χ0v) is 17.4. The predicted molar refractivity (Wildman–Crippen MR) is 112 cm³/mol. The summed E-state index contributed by atoms with van der Waals surface area (Å²) in [6, 6.07) is 8.86. The Balaban J connectivity index is 1.94. The minimum atomic E-state index is -0.639. The minimum absolute atomic E-state index is 0.258. The van der Waals surface area contributed by atoms with Crippen molar-refractivity contribution in [1.29, 1.82) is 0 Å². The summed E-state index contributed by atoms with van der Waals surface area (Å²) in [5.74, 6) is -0.716. The van der Waals surface area contributed by atoms with Gasteiger partial charge in [-0.3, -0.25) is 9.89 Å². The van der Waals surface area contributed by atoms with Crippen molar-refractivity contribution in [3.05, 3.63) is 75.4 Å². The molecule has 1 aliphatic rings. The Morgan fingerprint density at radius 2 is 1.85 bits per heavy atom. The van der Waals surface area contributed by atoms with Gasteiger partial charge in [0.15, 0.2) is 5.17 Å². The topological polar surface area (TPSA) is 15.6 Å². The molecule has 2 nitrogen and oxygen atoms in total. The molecule has 0 bridgehead atoms. The second-order valence-corrected chi connectivity index (χ2v) is 8.58. The lowest BCUT2D eigenvalue weighted by atomic mass is 10.0. The SMILES string of the molecule is CC1=CC(C)(C)N=C(SCc2ccc(Cl)cc2Cl)N1c1ccc(F)cc1F. The maximum Gasteiger partial charge on any atom is 0.169 e. The number of halogens is 4. The van der Waals surface area contributed by atoms with Crippen LogP contribution >= 0.6 is 35.0 Å². The van der Waals surface area contributed by atoms with Crippen LogP contribution in [0.5, 0.6) is 0 Å². The Kier molecular flexibility index (Phi) is 5.84. The summed E-state index contributed by atoms with van der Waals surface area (Å²) < 4.78 is 27.8. The van der Waals surface area contributed by atoms with Crippen LogP contribution in [0.15, 0.2) is 53.2 Å². The molecule has 142 valence electrons. The summed E-state index contributed by atoms with van der Waals surface area (Å²) in [7, 11) is 0. The highest BCUT2D eigenvalue weighted by molar-refractivity contribution is 8.13. The molecule has 0 amide bonds. The molecule has 0 saturated heterocycles. The third kappa shape index (κ3) is 4.65. The highest BCUT2D eigenvalue weighted by Gasteiger charge is 2.29. The van der Waals surface area contributed by atoms with Crippen LogP contribution in [0.2, 0.25) is 10.0 Å². The number of hydrogen-bond donors (Lipinski definition) is 0. The van der Waals surface area contributed by atoms with Crippen molar-refractivity contribution in [2.24, 2.45) is 4.99 Å². The van der Waals surface area contributed by atoms with E-state index in [0.29, 0.717) is 21.0 Å². The van der Waals surface area contributed by atoms with E-state index in [0.717, 1.165) is 17.3 Å². The van der Waals surface area contributed by atoms with E-state index in [-0.39, 0.29) is 5.69 Å². The zero-order chi connectivity index (χ0) is 19.8. The first-order valence-corrected chi connectivity index (χ1v) is 10.0. The van der Waals surface area contributed by atoms with Crippen molar-refractivity contribution in [2.75, 3.05) is 4.90 Å². The van der Waals surface area contributed by atoms with Crippen LogP contribution in [-0.2, 0) is 5.75 Å². The van der Waals surface area contributed by atoms with E-state index >= 15 is 0 Å². The smallest absolute Gasteiger partial charge is 0.169 e. The molecule has 7 heteroatoms. The maximum absolute atomic E-state index is 14.4. The van der Waals surface area contributed by atoms with Crippen molar-refractivity contribution in [3.63, 3.8) is 0 Å². The molecule has 3 rings (SSSR count). The molecule has 0 unspecified atom stereocenters. The molecule has 0 spiro atoms. The van der Waals surface area contributed by atoms with E-state index in [1.165, 1.54) is 23.9 Å². The Bertz CT molecular complexity index is 942. The van der Waals surface area contributed by atoms with Gasteiger partial charge in [0.2, 0.25) is 0 Å². The summed E-state index contributed by atoms with van der Waals surface area (Å²) in [4.78, 5) is 6.45. The van der Waals surface area contributed by atoms with Gasteiger partial charge in [-0.15, -0.1) is 0 Å². The third-order valence-electron chi connectivity index (χ3n) is 4.01. The first kappa shape index (κ1) is 20.2. The monoisotopic (exact) mass is 426 g/mol. The van der Waals surface area contributed by atoms with Crippen LogP contribution in [-0.4, -0.2) is 10.7 Å². The normalized spacial score (nSPS) is 16.2. The van der Waals surface area contributed by atoms with Gasteiger partial charge in [0.05, 0.1) is 11.2 Å². The van der Waals surface area contributed by atoms with E-state index in [1.807, 2.05) is 32.9 Å².